The average Bonchev–Trinajstić information content (AvgIpc) is 2.95. The zero-order chi connectivity index (χ0) is 11.5. The number of rotatable bonds is 6. The Hall–Kier alpha value is -0.680. The zero-order valence-corrected chi connectivity index (χ0v) is 10.0. The zero-order valence-electron chi connectivity index (χ0n) is 9.21. The molecule has 0 heterocycles. The SMILES string of the molecule is CCOC(C)CNC(=O)C1(C(N)=S)CC1. The Labute approximate surface area is 95.5 Å². The van der Waals surface area contributed by atoms with Crippen molar-refractivity contribution >= 4 is 23.1 Å². The van der Waals surface area contributed by atoms with E-state index in [9.17, 15) is 4.79 Å². The second kappa shape index (κ2) is 4.90. The largest absolute Gasteiger partial charge is 0.392 e. The van der Waals surface area contributed by atoms with E-state index in [1.165, 1.54) is 0 Å². The molecule has 0 saturated heterocycles. The van der Waals surface area contributed by atoms with Crippen LogP contribution in [0.5, 0.6) is 0 Å². The van der Waals surface area contributed by atoms with Crippen molar-refractivity contribution in [1.82, 2.24) is 5.32 Å². The van der Waals surface area contributed by atoms with Gasteiger partial charge in [-0.3, -0.25) is 4.79 Å². The molecule has 1 aliphatic carbocycles. The molecular formula is C10H18N2O2S. The lowest BCUT2D eigenvalue weighted by atomic mass is 10.1. The van der Waals surface area contributed by atoms with Crippen LogP contribution in [0.1, 0.15) is 26.7 Å². The number of ether oxygens (including phenoxy) is 1. The minimum Gasteiger partial charge on any atom is -0.392 e. The maximum absolute atomic E-state index is 11.7. The van der Waals surface area contributed by atoms with Gasteiger partial charge in [0.1, 0.15) is 0 Å². The number of hydrogen-bond acceptors (Lipinski definition) is 3. The normalized spacial score (nSPS) is 19.3. The molecule has 0 aromatic carbocycles. The first kappa shape index (κ1) is 12.4. The van der Waals surface area contributed by atoms with Crippen LogP contribution in [0, 0.1) is 5.41 Å². The number of nitrogens with one attached hydrogen (secondary N) is 1. The van der Waals surface area contributed by atoms with Gasteiger partial charge in [-0.25, -0.2) is 0 Å². The highest BCUT2D eigenvalue weighted by Gasteiger charge is 2.52. The Morgan fingerprint density at radius 3 is 2.67 bits per heavy atom. The lowest BCUT2D eigenvalue weighted by molar-refractivity contribution is -0.124. The molecule has 0 aromatic rings. The number of carbonyl (C=O) groups is 1. The summed E-state index contributed by atoms with van der Waals surface area (Å²) in [5, 5.41) is 2.82. The number of thiocarbonyl (C=S) groups is 1. The Morgan fingerprint density at radius 1 is 1.67 bits per heavy atom. The van der Waals surface area contributed by atoms with E-state index in [-0.39, 0.29) is 12.0 Å². The van der Waals surface area contributed by atoms with Crippen molar-refractivity contribution in [3.05, 3.63) is 0 Å². The first-order valence-electron chi connectivity index (χ1n) is 5.22. The third kappa shape index (κ3) is 2.89. The van der Waals surface area contributed by atoms with E-state index in [4.69, 9.17) is 22.7 Å². The molecule has 1 saturated carbocycles. The lowest BCUT2D eigenvalue weighted by Gasteiger charge is -2.16. The maximum Gasteiger partial charge on any atom is 0.233 e. The molecular weight excluding hydrogens is 212 g/mol. The van der Waals surface area contributed by atoms with E-state index >= 15 is 0 Å². The predicted octanol–water partition coefficient (Wildman–Crippen LogP) is 0.594. The highest BCUT2D eigenvalue weighted by molar-refractivity contribution is 7.80. The van der Waals surface area contributed by atoms with Gasteiger partial charge in [-0.15, -0.1) is 0 Å². The Bertz CT molecular complexity index is 264. The molecule has 0 aromatic heterocycles. The van der Waals surface area contributed by atoms with Gasteiger partial charge in [0.05, 0.1) is 16.5 Å². The van der Waals surface area contributed by atoms with Crippen LogP contribution in [0.25, 0.3) is 0 Å². The first-order valence-corrected chi connectivity index (χ1v) is 5.63. The van der Waals surface area contributed by atoms with Gasteiger partial charge in [0.25, 0.3) is 0 Å². The fourth-order valence-corrected chi connectivity index (χ4v) is 1.76. The van der Waals surface area contributed by atoms with Crippen molar-refractivity contribution in [3.8, 4) is 0 Å². The molecule has 1 rings (SSSR count). The smallest absolute Gasteiger partial charge is 0.233 e. The Balaban J connectivity index is 2.34. The average molecular weight is 230 g/mol. The van der Waals surface area contributed by atoms with Gasteiger partial charge in [0.15, 0.2) is 0 Å². The molecule has 1 amide bonds. The van der Waals surface area contributed by atoms with Crippen LogP contribution in [-0.2, 0) is 9.53 Å². The molecule has 15 heavy (non-hydrogen) atoms. The van der Waals surface area contributed by atoms with Gasteiger partial charge in [-0.05, 0) is 26.7 Å². The Morgan fingerprint density at radius 2 is 2.27 bits per heavy atom. The minimum atomic E-state index is -0.554. The van der Waals surface area contributed by atoms with Gasteiger partial charge in [-0.2, -0.15) is 0 Å². The van der Waals surface area contributed by atoms with Crippen LogP contribution in [0.4, 0.5) is 0 Å². The van der Waals surface area contributed by atoms with Crippen molar-refractivity contribution < 1.29 is 9.53 Å². The van der Waals surface area contributed by atoms with Crippen molar-refractivity contribution in [3.63, 3.8) is 0 Å². The molecule has 0 bridgehead atoms. The van der Waals surface area contributed by atoms with Crippen molar-refractivity contribution in [2.75, 3.05) is 13.2 Å². The van der Waals surface area contributed by atoms with Crippen LogP contribution < -0.4 is 11.1 Å². The molecule has 1 atom stereocenters. The molecule has 0 spiro atoms. The highest BCUT2D eigenvalue weighted by Crippen LogP contribution is 2.46. The molecule has 4 nitrogen and oxygen atoms in total. The van der Waals surface area contributed by atoms with E-state index in [0.29, 0.717) is 18.1 Å². The highest BCUT2D eigenvalue weighted by atomic mass is 32.1. The van der Waals surface area contributed by atoms with Gasteiger partial charge in [0.2, 0.25) is 5.91 Å². The van der Waals surface area contributed by atoms with Crippen LogP contribution >= 0.6 is 12.2 Å². The van der Waals surface area contributed by atoms with E-state index in [2.05, 4.69) is 5.32 Å². The summed E-state index contributed by atoms with van der Waals surface area (Å²) in [5.74, 6) is -0.0541. The summed E-state index contributed by atoms with van der Waals surface area (Å²) in [6.45, 7) is 5.01. The minimum absolute atomic E-state index is 0.0288. The third-order valence-electron chi connectivity index (χ3n) is 2.66. The number of hydrogen-bond donors (Lipinski definition) is 2. The van der Waals surface area contributed by atoms with Crippen LogP contribution in [-0.4, -0.2) is 30.2 Å². The molecule has 86 valence electrons. The fraction of sp³-hybridized carbons (Fsp3) is 0.800. The maximum atomic E-state index is 11.7. The second-order valence-electron chi connectivity index (χ2n) is 3.92. The van der Waals surface area contributed by atoms with Gasteiger partial charge < -0.3 is 15.8 Å². The summed E-state index contributed by atoms with van der Waals surface area (Å²) in [6, 6.07) is 0. The fourth-order valence-electron chi connectivity index (χ4n) is 1.46. The molecule has 1 fully saturated rings. The van der Waals surface area contributed by atoms with E-state index in [1.807, 2.05) is 13.8 Å². The predicted molar refractivity (Wildman–Crippen MR) is 62.6 cm³/mol. The van der Waals surface area contributed by atoms with Gasteiger partial charge in [-0.1, -0.05) is 12.2 Å². The lowest BCUT2D eigenvalue weighted by Crippen LogP contribution is -2.42. The summed E-state index contributed by atoms with van der Waals surface area (Å²) in [4.78, 5) is 12.1. The molecule has 5 heteroatoms. The number of carbonyl (C=O) groups excluding carboxylic acids is 1. The molecule has 1 aliphatic rings. The monoisotopic (exact) mass is 230 g/mol. The molecule has 0 aliphatic heterocycles. The topological polar surface area (TPSA) is 64.3 Å². The van der Waals surface area contributed by atoms with Crippen LogP contribution in [0.2, 0.25) is 0 Å². The third-order valence-corrected chi connectivity index (χ3v) is 3.05. The summed E-state index contributed by atoms with van der Waals surface area (Å²) in [7, 11) is 0. The summed E-state index contributed by atoms with van der Waals surface area (Å²) < 4.78 is 5.31. The summed E-state index contributed by atoms with van der Waals surface area (Å²) >= 11 is 4.89. The van der Waals surface area contributed by atoms with E-state index < -0.39 is 5.41 Å². The van der Waals surface area contributed by atoms with E-state index in [1.54, 1.807) is 0 Å². The van der Waals surface area contributed by atoms with Gasteiger partial charge >= 0.3 is 0 Å². The molecule has 1 unspecified atom stereocenters. The van der Waals surface area contributed by atoms with Crippen molar-refractivity contribution in [1.29, 1.82) is 0 Å². The van der Waals surface area contributed by atoms with Crippen LogP contribution in [0.3, 0.4) is 0 Å². The second-order valence-corrected chi connectivity index (χ2v) is 4.36. The van der Waals surface area contributed by atoms with Crippen molar-refractivity contribution in [2.24, 2.45) is 11.1 Å². The molecule has 0 radical (unpaired) electrons. The number of nitrogens with two attached hydrogens (primary N) is 1. The Kier molecular flexibility index (Phi) is 4.04. The van der Waals surface area contributed by atoms with Gasteiger partial charge in [0, 0.05) is 13.2 Å². The number of amides is 1. The van der Waals surface area contributed by atoms with E-state index in [0.717, 1.165) is 12.8 Å². The standard InChI is InChI=1S/C10H18N2O2S/c1-3-14-7(2)6-12-9(13)10(4-5-10)8(11)15/h7H,3-6H2,1-2H3,(H2,11,15)(H,12,13). The van der Waals surface area contributed by atoms with Crippen molar-refractivity contribution in [2.45, 2.75) is 32.8 Å². The summed E-state index contributed by atoms with van der Waals surface area (Å²) in [5.41, 5.74) is 4.98. The first-order chi connectivity index (χ1) is 7.03. The van der Waals surface area contributed by atoms with Crippen LogP contribution in [0.15, 0.2) is 0 Å². The summed E-state index contributed by atoms with van der Waals surface area (Å²) in [6.07, 6.45) is 1.58. The molecule has 3 N–H and O–H groups in total. The quantitative estimate of drug-likeness (QED) is 0.656.